The second-order valence-corrected chi connectivity index (χ2v) is 3.60. The van der Waals surface area contributed by atoms with Gasteiger partial charge in [-0.1, -0.05) is 12.1 Å². The minimum absolute atomic E-state index is 0.779. The van der Waals surface area contributed by atoms with Crippen LogP contribution in [0.4, 0.5) is 5.69 Å². The van der Waals surface area contributed by atoms with Crippen molar-refractivity contribution in [1.29, 1.82) is 0 Å². The van der Waals surface area contributed by atoms with Crippen LogP contribution in [0.1, 0.15) is 12.5 Å². The fourth-order valence-corrected chi connectivity index (χ4v) is 1.56. The lowest BCUT2D eigenvalue weighted by Crippen LogP contribution is -1.94. The molecular weight excluding hydrogens is 212 g/mol. The van der Waals surface area contributed by atoms with Crippen LogP contribution >= 0.6 is 0 Å². The first-order valence-corrected chi connectivity index (χ1v) is 5.40. The molecule has 86 valence electrons. The minimum Gasteiger partial charge on any atom is -0.494 e. The molecule has 0 spiro atoms. The second-order valence-electron chi connectivity index (χ2n) is 3.60. The number of hydrogen-bond acceptors (Lipinski definition) is 3. The summed E-state index contributed by atoms with van der Waals surface area (Å²) in [6.07, 6.45) is 3.52. The fraction of sp³-hybridized carbons (Fsp3) is 0.143. The van der Waals surface area contributed by atoms with Crippen molar-refractivity contribution >= 4 is 11.4 Å². The average molecular weight is 226 g/mol. The number of pyridine rings is 1. The van der Waals surface area contributed by atoms with Crippen molar-refractivity contribution in [3.8, 4) is 5.75 Å². The number of aliphatic imine (C=N–C) groups is 1. The second kappa shape index (κ2) is 5.25. The van der Waals surface area contributed by atoms with Gasteiger partial charge >= 0.3 is 0 Å². The lowest BCUT2D eigenvalue weighted by molar-refractivity contribution is 0.416. The zero-order valence-corrected chi connectivity index (χ0v) is 9.92. The number of rotatable bonds is 3. The van der Waals surface area contributed by atoms with Crippen LogP contribution in [0.2, 0.25) is 0 Å². The summed E-state index contributed by atoms with van der Waals surface area (Å²) in [5, 5.41) is 0. The van der Waals surface area contributed by atoms with E-state index in [4.69, 9.17) is 4.74 Å². The van der Waals surface area contributed by atoms with Gasteiger partial charge < -0.3 is 4.74 Å². The number of para-hydroxylation sites is 2. The van der Waals surface area contributed by atoms with Gasteiger partial charge in [0.1, 0.15) is 11.4 Å². The molecule has 1 aromatic carbocycles. The molecule has 0 aliphatic heterocycles. The standard InChI is InChI=1S/C14H14N2O/c1-11(12-7-9-15-10-8-12)16-13-5-3-4-6-14(13)17-2/h3-10H,1-2H3/b16-11-. The molecule has 0 radical (unpaired) electrons. The maximum atomic E-state index is 5.26. The highest BCUT2D eigenvalue weighted by Crippen LogP contribution is 2.26. The molecule has 0 saturated carbocycles. The number of methoxy groups -OCH3 is 1. The van der Waals surface area contributed by atoms with Crippen molar-refractivity contribution in [3.63, 3.8) is 0 Å². The summed E-state index contributed by atoms with van der Waals surface area (Å²) in [7, 11) is 1.65. The van der Waals surface area contributed by atoms with E-state index in [9.17, 15) is 0 Å². The number of hydrogen-bond donors (Lipinski definition) is 0. The summed E-state index contributed by atoms with van der Waals surface area (Å²) >= 11 is 0. The Morgan fingerprint density at radius 3 is 2.53 bits per heavy atom. The van der Waals surface area contributed by atoms with E-state index in [0.29, 0.717) is 0 Å². The predicted octanol–water partition coefficient (Wildman–Crippen LogP) is 3.23. The van der Waals surface area contributed by atoms with Crippen molar-refractivity contribution in [1.82, 2.24) is 4.98 Å². The Morgan fingerprint density at radius 2 is 1.82 bits per heavy atom. The van der Waals surface area contributed by atoms with Gasteiger partial charge in [-0.05, 0) is 36.8 Å². The normalized spacial score (nSPS) is 11.3. The lowest BCUT2D eigenvalue weighted by atomic mass is 10.2. The van der Waals surface area contributed by atoms with Crippen molar-refractivity contribution in [2.24, 2.45) is 4.99 Å². The molecule has 1 heterocycles. The molecule has 0 saturated heterocycles. The van der Waals surface area contributed by atoms with Crippen LogP contribution in [0.15, 0.2) is 53.8 Å². The maximum Gasteiger partial charge on any atom is 0.144 e. The van der Waals surface area contributed by atoms with Crippen LogP contribution < -0.4 is 4.74 Å². The third-order valence-corrected chi connectivity index (χ3v) is 2.47. The number of ether oxygens (including phenoxy) is 1. The summed E-state index contributed by atoms with van der Waals surface area (Å²) in [4.78, 5) is 8.55. The van der Waals surface area contributed by atoms with Gasteiger partial charge in [-0.2, -0.15) is 0 Å². The third-order valence-electron chi connectivity index (χ3n) is 2.47. The van der Waals surface area contributed by atoms with E-state index in [1.54, 1.807) is 19.5 Å². The van der Waals surface area contributed by atoms with E-state index in [1.165, 1.54) is 0 Å². The summed E-state index contributed by atoms with van der Waals surface area (Å²) < 4.78 is 5.26. The Bertz CT molecular complexity index is 521. The van der Waals surface area contributed by atoms with Gasteiger partial charge in [0.25, 0.3) is 0 Å². The highest BCUT2D eigenvalue weighted by molar-refractivity contribution is 6.00. The topological polar surface area (TPSA) is 34.5 Å². The Morgan fingerprint density at radius 1 is 1.12 bits per heavy atom. The van der Waals surface area contributed by atoms with E-state index in [-0.39, 0.29) is 0 Å². The van der Waals surface area contributed by atoms with E-state index >= 15 is 0 Å². The third kappa shape index (κ3) is 2.69. The molecule has 0 unspecified atom stereocenters. The van der Waals surface area contributed by atoms with Gasteiger partial charge in [-0.15, -0.1) is 0 Å². The Balaban J connectivity index is 2.36. The summed E-state index contributed by atoms with van der Waals surface area (Å²) in [6, 6.07) is 11.6. The smallest absolute Gasteiger partial charge is 0.144 e. The summed E-state index contributed by atoms with van der Waals surface area (Å²) in [5.74, 6) is 0.779. The van der Waals surface area contributed by atoms with Crippen LogP contribution in [-0.2, 0) is 0 Å². The largest absolute Gasteiger partial charge is 0.494 e. The molecule has 0 aliphatic carbocycles. The first-order chi connectivity index (χ1) is 8.31. The molecule has 1 aromatic heterocycles. The summed E-state index contributed by atoms with van der Waals surface area (Å²) in [5.41, 5.74) is 2.84. The number of aromatic nitrogens is 1. The van der Waals surface area contributed by atoms with Crippen molar-refractivity contribution in [3.05, 3.63) is 54.4 Å². The molecule has 0 N–H and O–H groups in total. The lowest BCUT2D eigenvalue weighted by Gasteiger charge is -2.05. The van der Waals surface area contributed by atoms with Crippen molar-refractivity contribution < 1.29 is 4.74 Å². The fourth-order valence-electron chi connectivity index (χ4n) is 1.56. The zero-order chi connectivity index (χ0) is 12.1. The first kappa shape index (κ1) is 11.3. The van der Waals surface area contributed by atoms with Crippen molar-refractivity contribution in [2.45, 2.75) is 6.92 Å². The zero-order valence-electron chi connectivity index (χ0n) is 9.92. The minimum atomic E-state index is 0.779. The number of benzene rings is 1. The molecule has 0 amide bonds. The Kier molecular flexibility index (Phi) is 3.50. The molecule has 0 atom stereocenters. The van der Waals surface area contributed by atoms with Crippen LogP contribution in [-0.4, -0.2) is 17.8 Å². The van der Waals surface area contributed by atoms with Gasteiger partial charge in [0.15, 0.2) is 0 Å². The predicted molar refractivity (Wildman–Crippen MR) is 69.1 cm³/mol. The first-order valence-electron chi connectivity index (χ1n) is 5.40. The van der Waals surface area contributed by atoms with Gasteiger partial charge in [0.05, 0.1) is 7.11 Å². The summed E-state index contributed by atoms with van der Waals surface area (Å²) in [6.45, 7) is 1.97. The van der Waals surface area contributed by atoms with Crippen LogP contribution in [0.25, 0.3) is 0 Å². The van der Waals surface area contributed by atoms with E-state index < -0.39 is 0 Å². The average Bonchev–Trinajstić information content (AvgIpc) is 2.40. The van der Waals surface area contributed by atoms with Gasteiger partial charge in [0.2, 0.25) is 0 Å². The molecule has 0 fully saturated rings. The van der Waals surface area contributed by atoms with E-state index in [1.807, 2.05) is 43.3 Å². The molecule has 2 aromatic rings. The van der Waals surface area contributed by atoms with Crippen molar-refractivity contribution in [2.75, 3.05) is 7.11 Å². The van der Waals surface area contributed by atoms with Crippen LogP contribution in [0.5, 0.6) is 5.75 Å². The SMILES string of the molecule is COc1ccccc1/N=C(/C)c1ccncc1. The Labute approximate surface area is 101 Å². The molecule has 3 heteroatoms. The van der Waals surface area contributed by atoms with Crippen LogP contribution in [0, 0.1) is 0 Å². The van der Waals surface area contributed by atoms with Crippen LogP contribution in [0.3, 0.4) is 0 Å². The highest BCUT2D eigenvalue weighted by atomic mass is 16.5. The van der Waals surface area contributed by atoms with Gasteiger partial charge in [0, 0.05) is 18.1 Å². The molecule has 0 aliphatic rings. The van der Waals surface area contributed by atoms with E-state index in [2.05, 4.69) is 9.98 Å². The highest BCUT2D eigenvalue weighted by Gasteiger charge is 2.01. The van der Waals surface area contributed by atoms with Gasteiger partial charge in [-0.3, -0.25) is 4.98 Å². The van der Waals surface area contributed by atoms with Gasteiger partial charge in [-0.25, -0.2) is 4.99 Å². The maximum absolute atomic E-state index is 5.26. The molecular formula is C14H14N2O. The molecule has 2 rings (SSSR count). The quantitative estimate of drug-likeness (QED) is 0.753. The van der Waals surface area contributed by atoms with E-state index in [0.717, 1.165) is 22.7 Å². The molecule has 3 nitrogen and oxygen atoms in total. The number of nitrogens with zero attached hydrogens (tertiary/aromatic N) is 2. The Hall–Kier alpha value is -2.16. The molecule has 0 bridgehead atoms. The molecule has 17 heavy (non-hydrogen) atoms. The monoisotopic (exact) mass is 226 g/mol.